The first-order chi connectivity index (χ1) is 16.0. The van der Waals surface area contributed by atoms with Crippen LogP contribution in [-0.2, 0) is 22.7 Å². The van der Waals surface area contributed by atoms with E-state index in [4.69, 9.17) is 16.3 Å². The Balaban J connectivity index is 1.92. The normalized spacial score (nSPS) is 11.5. The van der Waals surface area contributed by atoms with Gasteiger partial charge < -0.3 is 15.0 Å². The number of amides is 2. The van der Waals surface area contributed by atoms with Gasteiger partial charge in [-0.15, -0.1) is 0 Å². The second-order valence-electron chi connectivity index (χ2n) is 7.74. The Morgan fingerprint density at radius 1 is 0.970 bits per heavy atom. The second-order valence-corrected chi connectivity index (χ2v) is 8.18. The van der Waals surface area contributed by atoms with Crippen molar-refractivity contribution in [2.75, 3.05) is 7.11 Å². The van der Waals surface area contributed by atoms with Gasteiger partial charge in [-0.3, -0.25) is 9.59 Å². The fourth-order valence-electron chi connectivity index (χ4n) is 3.70. The number of methoxy groups -OCH3 is 1. The molecular weight excluding hydrogens is 436 g/mol. The largest absolute Gasteiger partial charge is 0.496 e. The maximum atomic E-state index is 13.5. The Bertz CT molecular complexity index is 1050. The molecule has 3 rings (SSSR count). The molecule has 0 saturated heterocycles. The molecule has 1 N–H and O–H groups in total. The molecular formula is C27H29ClN2O3. The molecule has 0 aliphatic heterocycles. The van der Waals surface area contributed by atoms with Crippen LogP contribution in [0.25, 0.3) is 0 Å². The molecule has 0 heterocycles. The summed E-state index contributed by atoms with van der Waals surface area (Å²) in [4.78, 5) is 28.4. The van der Waals surface area contributed by atoms with Crippen molar-refractivity contribution in [2.24, 2.45) is 0 Å². The summed E-state index contributed by atoms with van der Waals surface area (Å²) >= 11 is 6.04. The van der Waals surface area contributed by atoms with Crippen LogP contribution in [0.4, 0.5) is 0 Å². The van der Waals surface area contributed by atoms with Gasteiger partial charge in [-0.1, -0.05) is 79.2 Å². The number of carbonyl (C=O) groups excluding carboxylic acids is 2. The summed E-state index contributed by atoms with van der Waals surface area (Å²) in [5.41, 5.74) is 2.53. The van der Waals surface area contributed by atoms with Gasteiger partial charge in [-0.05, 0) is 35.7 Å². The molecule has 0 bridgehead atoms. The van der Waals surface area contributed by atoms with Gasteiger partial charge in [-0.25, -0.2) is 0 Å². The Morgan fingerprint density at radius 2 is 1.64 bits per heavy atom. The van der Waals surface area contributed by atoms with Gasteiger partial charge in [0, 0.05) is 30.1 Å². The Kier molecular flexibility index (Phi) is 8.90. The number of benzene rings is 3. The van der Waals surface area contributed by atoms with Crippen molar-refractivity contribution in [3.05, 3.63) is 101 Å². The summed E-state index contributed by atoms with van der Waals surface area (Å²) in [6.07, 6.45) is 1.05. The maximum Gasteiger partial charge on any atom is 0.247 e. The minimum Gasteiger partial charge on any atom is -0.496 e. The predicted octanol–water partition coefficient (Wildman–Crippen LogP) is 5.54. The van der Waals surface area contributed by atoms with Crippen LogP contribution in [0.15, 0.2) is 78.9 Å². The summed E-state index contributed by atoms with van der Waals surface area (Å²) < 4.78 is 5.40. The molecule has 3 aromatic rings. The average Bonchev–Trinajstić information content (AvgIpc) is 2.84. The fraction of sp³-hybridized carbons (Fsp3) is 0.259. The van der Waals surface area contributed by atoms with Gasteiger partial charge in [0.05, 0.1) is 7.11 Å². The van der Waals surface area contributed by atoms with Gasteiger partial charge in [0.1, 0.15) is 11.8 Å². The van der Waals surface area contributed by atoms with E-state index in [0.717, 1.165) is 16.7 Å². The van der Waals surface area contributed by atoms with Crippen LogP contribution in [-0.4, -0.2) is 23.8 Å². The minimum absolute atomic E-state index is 0.0752. The van der Waals surface area contributed by atoms with E-state index in [1.165, 1.54) is 0 Å². The topological polar surface area (TPSA) is 58.6 Å². The number of nitrogens with one attached hydrogen (secondary N) is 1. The van der Waals surface area contributed by atoms with Crippen LogP contribution in [0.2, 0.25) is 5.02 Å². The van der Waals surface area contributed by atoms with Crippen molar-refractivity contribution in [1.82, 2.24) is 10.2 Å². The lowest BCUT2D eigenvalue weighted by Crippen LogP contribution is -2.43. The van der Waals surface area contributed by atoms with E-state index in [2.05, 4.69) is 5.32 Å². The molecule has 0 aliphatic carbocycles. The van der Waals surface area contributed by atoms with E-state index >= 15 is 0 Å². The third-order valence-corrected chi connectivity index (χ3v) is 5.62. The van der Waals surface area contributed by atoms with Crippen molar-refractivity contribution in [3.8, 4) is 5.75 Å². The molecule has 3 aromatic carbocycles. The van der Waals surface area contributed by atoms with Crippen molar-refractivity contribution in [2.45, 2.75) is 38.9 Å². The first kappa shape index (κ1) is 24.3. The number of halogens is 1. The zero-order valence-corrected chi connectivity index (χ0v) is 19.7. The summed E-state index contributed by atoms with van der Waals surface area (Å²) in [5.74, 6) is 0.383. The van der Waals surface area contributed by atoms with Crippen LogP contribution in [0.3, 0.4) is 0 Å². The lowest BCUT2D eigenvalue weighted by Gasteiger charge is -2.32. The SMILES string of the molecule is CCCC(=O)N(Cc1ccc(Cl)cc1)[C@@H](C(=O)NCc1ccccc1OC)c1ccccc1. The van der Waals surface area contributed by atoms with E-state index in [1.807, 2.05) is 73.7 Å². The predicted molar refractivity (Wildman–Crippen MR) is 131 cm³/mol. The van der Waals surface area contributed by atoms with Gasteiger partial charge in [0.25, 0.3) is 0 Å². The average molecular weight is 465 g/mol. The molecule has 172 valence electrons. The number of ether oxygens (including phenoxy) is 1. The molecule has 0 saturated carbocycles. The molecule has 0 fully saturated rings. The van der Waals surface area contributed by atoms with Crippen LogP contribution in [0.1, 0.15) is 42.5 Å². The standard InChI is InChI=1S/C27H29ClN2O3/c1-3-9-25(31)30(19-20-14-16-23(28)17-15-20)26(21-10-5-4-6-11-21)27(32)29-18-22-12-7-8-13-24(22)33-2/h4-8,10-17,26H,3,9,18-19H2,1-2H3,(H,29,32)/t26-/m1/s1. The Labute approximate surface area is 200 Å². The van der Waals surface area contributed by atoms with Gasteiger partial charge in [-0.2, -0.15) is 0 Å². The summed E-state index contributed by atoms with van der Waals surface area (Å²) in [6, 6.07) is 23.5. The minimum atomic E-state index is -0.768. The molecule has 2 amide bonds. The summed E-state index contributed by atoms with van der Waals surface area (Å²) in [7, 11) is 1.60. The maximum absolute atomic E-state index is 13.5. The van der Waals surface area contributed by atoms with Crippen LogP contribution in [0, 0.1) is 0 Å². The van der Waals surface area contributed by atoms with Crippen molar-refractivity contribution in [3.63, 3.8) is 0 Å². The van der Waals surface area contributed by atoms with Crippen LogP contribution in [0.5, 0.6) is 5.75 Å². The molecule has 1 atom stereocenters. The van der Waals surface area contributed by atoms with Crippen molar-refractivity contribution >= 4 is 23.4 Å². The molecule has 0 aliphatic rings. The zero-order chi connectivity index (χ0) is 23.6. The van der Waals surface area contributed by atoms with Gasteiger partial charge in [0.2, 0.25) is 11.8 Å². The number of nitrogens with zero attached hydrogens (tertiary/aromatic N) is 1. The molecule has 33 heavy (non-hydrogen) atoms. The third kappa shape index (κ3) is 6.59. The van der Waals surface area contributed by atoms with E-state index in [9.17, 15) is 9.59 Å². The third-order valence-electron chi connectivity index (χ3n) is 5.37. The summed E-state index contributed by atoms with van der Waals surface area (Å²) in [6.45, 7) is 2.55. The highest BCUT2D eigenvalue weighted by atomic mass is 35.5. The number of hydrogen-bond donors (Lipinski definition) is 1. The van der Waals surface area contributed by atoms with Gasteiger partial charge >= 0.3 is 0 Å². The first-order valence-electron chi connectivity index (χ1n) is 11.0. The fourth-order valence-corrected chi connectivity index (χ4v) is 3.83. The van der Waals surface area contributed by atoms with Crippen LogP contribution >= 0.6 is 11.6 Å². The monoisotopic (exact) mass is 464 g/mol. The Hall–Kier alpha value is -3.31. The highest BCUT2D eigenvalue weighted by molar-refractivity contribution is 6.30. The highest BCUT2D eigenvalue weighted by Crippen LogP contribution is 2.26. The smallest absolute Gasteiger partial charge is 0.247 e. The number of hydrogen-bond acceptors (Lipinski definition) is 3. The second kappa shape index (κ2) is 12.1. The number of rotatable bonds is 10. The first-order valence-corrected chi connectivity index (χ1v) is 11.4. The van der Waals surface area contributed by atoms with Crippen LogP contribution < -0.4 is 10.1 Å². The molecule has 0 radical (unpaired) electrons. The lowest BCUT2D eigenvalue weighted by molar-refractivity contribution is -0.141. The van der Waals surface area contributed by atoms with E-state index in [1.54, 1.807) is 24.1 Å². The van der Waals surface area contributed by atoms with Crippen molar-refractivity contribution < 1.29 is 14.3 Å². The number of carbonyl (C=O) groups is 2. The molecule has 6 heteroatoms. The van der Waals surface area contributed by atoms with Gasteiger partial charge in [0.15, 0.2) is 0 Å². The summed E-state index contributed by atoms with van der Waals surface area (Å²) in [5, 5.41) is 3.64. The van der Waals surface area contributed by atoms with E-state index < -0.39 is 6.04 Å². The molecule has 0 unspecified atom stereocenters. The molecule has 0 aromatic heterocycles. The van der Waals surface area contributed by atoms with E-state index in [-0.39, 0.29) is 11.8 Å². The van der Waals surface area contributed by atoms with E-state index in [0.29, 0.717) is 36.7 Å². The zero-order valence-electron chi connectivity index (χ0n) is 19.0. The molecule has 0 spiro atoms. The quantitative estimate of drug-likeness (QED) is 0.429. The Morgan fingerprint density at radius 3 is 2.30 bits per heavy atom. The molecule has 5 nitrogen and oxygen atoms in total. The highest BCUT2D eigenvalue weighted by Gasteiger charge is 2.31. The van der Waals surface area contributed by atoms with Crippen molar-refractivity contribution in [1.29, 1.82) is 0 Å². The number of para-hydroxylation sites is 1. The lowest BCUT2D eigenvalue weighted by atomic mass is 10.0.